The first-order valence-corrected chi connectivity index (χ1v) is 8.66. The molecule has 25 heavy (non-hydrogen) atoms. The van der Waals surface area contributed by atoms with Gasteiger partial charge >= 0.3 is 0 Å². The lowest BCUT2D eigenvalue weighted by Crippen LogP contribution is -2.40. The molecule has 0 amide bonds. The molecule has 1 atom stereocenters. The molecule has 132 valence electrons. The van der Waals surface area contributed by atoms with Gasteiger partial charge in [0.05, 0.1) is 17.8 Å². The second-order valence-corrected chi connectivity index (χ2v) is 6.62. The summed E-state index contributed by atoms with van der Waals surface area (Å²) >= 11 is 0. The number of aliphatic hydroxyl groups is 1. The zero-order valence-electron chi connectivity index (χ0n) is 14.5. The van der Waals surface area contributed by atoms with Crippen molar-refractivity contribution in [2.75, 3.05) is 26.2 Å². The molecular weight excluding hydrogens is 316 g/mol. The molecule has 6 nitrogen and oxygen atoms in total. The number of aromatic nitrogens is 2. The van der Waals surface area contributed by atoms with Gasteiger partial charge in [0, 0.05) is 19.8 Å². The Morgan fingerprint density at radius 2 is 2.04 bits per heavy atom. The molecule has 3 rings (SSSR count). The Morgan fingerprint density at radius 3 is 2.64 bits per heavy atom. The Kier molecular flexibility index (Phi) is 5.69. The fraction of sp³-hybridized carbons (Fsp3) is 0.474. The Balaban J connectivity index is 1.40. The molecule has 0 saturated carbocycles. The van der Waals surface area contributed by atoms with Crippen molar-refractivity contribution in [3.63, 3.8) is 0 Å². The summed E-state index contributed by atoms with van der Waals surface area (Å²) in [6.45, 7) is 2.84. The number of piperidine rings is 1. The minimum atomic E-state index is -0.523. The molecule has 1 N–H and O–H groups in total. The number of ether oxygens (including phenoxy) is 1. The summed E-state index contributed by atoms with van der Waals surface area (Å²) < 4.78 is 7.46. The number of aliphatic hydroxyl groups excluding tert-OH is 1. The van der Waals surface area contributed by atoms with Gasteiger partial charge in [-0.25, -0.2) is 0 Å². The lowest BCUT2D eigenvalue weighted by Gasteiger charge is -2.32. The number of hydrogen-bond acceptors (Lipinski definition) is 5. The highest BCUT2D eigenvalue weighted by atomic mass is 16.5. The molecule has 6 heteroatoms. The Labute approximate surface area is 148 Å². The number of nitriles is 1. The van der Waals surface area contributed by atoms with Gasteiger partial charge in [0.15, 0.2) is 0 Å². The highest BCUT2D eigenvalue weighted by Gasteiger charge is 2.23. The van der Waals surface area contributed by atoms with Gasteiger partial charge in [0.25, 0.3) is 0 Å². The van der Waals surface area contributed by atoms with Gasteiger partial charge in [0.1, 0.15) is 18.5 Å². The van der Waals surface area contributed by atoms with Crippen LogP contribution < -0.4 is 4.74 Å². The number of β-amino-alcohol motifs (C(OH)–C–C–N with tert-alkyl or cyclic N) is 1. The first-order valence-electron chi connectivity index (χ1n) is 8.66. The SMILES string of the molecule is Cn1cc(C2CCN(CC(O)COc3ccc(C#N)cc3)CC2)cn1. The molecule has 1 aromatic carbocycles. The third-order valence-corrected chi connectivity index (χ3v) is 4.68. The predicted molar refractivity (Wildman–Crippen MR) is 94.3 cm³/mol. The lowest BCUT2D eigenvalue weighted by molar-refractivity contribution is 0.0594. The van der Waals surface area contributed by atoms with E-state index in [2.05, 4.69) is 22.3 Å². The van der Waals surface area contributed by atoms with Gasteiger partial charge in [0.2, 0.25) is 0 Å². The quantitative estimate of drug-likeness (QED) is 0.869. The highest BCUT2D eigenvalue weighted by molar-refractivity contribution is 5.34. The van der Waals surface area contributed by atoms with Crippen LogP contribution in [0.4, 0.5) is 0 Å². The zero-order valence-corrected chi connectivity index (χ0v) is 14.5. The molecule has 2 aromatic rings. The fourth-order valence-electron chi connectivity index (χ4n) is 3.27. The summed E-state index contributed by atoms with van der Waals surface area (Å²) in [6, 6.07) is 9.01. The number of benzene rings is 1. The van der Waals surface area contributed by atoms with Crippen LogP contribution in [-0.2, 0) is 7.05 Å². The molecule has 0 spiro atoms. The maximum absolute atomic E-state index is 10.2. The van der Waals surface area contributed by atoms with Crippen LogP contribution in [-0.4, -0.2) is 52.1 Å². The largest absolute Gasteiger partial charge is 0.491 e. The molecule has 1 aliphatic rings. The summed E-state index contributed by atoms with van der Waals surface area (Å²) in [5.74, 6) is 1.24. The van der Waals surface area contributed by atoms with Crippen molar-refractivity contribution in [1.29, 1.82) is 5.26 Å². The fourth-order valence-corrected chi connectivity index (χ4v) is 3.27. The third kappa shape index (κ3) is 4.81. The normalized spacial score (nSPS) is 17.2. The van der Waals surface area contributed by atoms with Crippen molar-refractivity contribution in [3.05, 3.63) is 47.8 Å². The number of hydrogen-bond donors (Lipinski definition) is 1. The average Bonchev–Trinajstić information content (AvgIpc) is 3.07. The van der Waals surface area contributed by atoms with Gasteiger partial charge in [-0.3, -0.25) is 4.68 Å². The summed E-state index contributed by atoms with van der Waals surface area (Å²) in [4.78, 5) is 2.29. The van der Waals surface area contributed by atoms with E-state index in [-0.39, 0.29) is 6.61 Å². The van der Waals surface area contributed by atoms with E-state index in [1.807, 2.05) is 17.9 Å². The van der Waals surface area contributed by atoms with Crippen LogP contribution in [0.2, 0.25) is 0 Å². The van der Waals surface area contributed by atoms with Crippen molar-refractivity contribution in [3.8, 4) is 11.8 Å². The summed E-state index contributed by atoms with van der Waals surface area (Å²) in [7, 11) is 1.95. The van der Waals surface area contributed by atoms with Crippen LogP contribution in [0.1, 0.15) is 29.9 Å². The molecule has 1 aromatic heterocycles. The maximum Gasteiger partial charge on any atom is 0.119 e. The summed E-state index contributed by atoms with van der Waals surface area (Å²) in [6.07, 6.45) is 5.72. The van der Waals surface area contributed by atoms with Crippen LogP contribution in [0.25, 0.3) is 0 Å². The molecule has 1 saturated heterocycles. The van der Waals surface area contributed by atoms with Crippen LogP contribution in [0.15, 0.2) is 36.7 Å². The third-order valence-electron chi connectivity index (χ3n) is 4.68. The van der Waals surface area contributed by atoms with Crippen LogP contribution in [0, 0.1) is 11.3 Å². The molecule has 1 unspecified atom stereocenters. The molecule has 2 heterocycles. The Bertz CT molecular complexity index is 712. The first kappa shape index (κ1) is 17.5. The molecular formula is C19H24N4O2. The second kappa shape index (κ2) is 8.15. The number of likely N-dealkylation sites (tertiary alicyclic amines) is 1. The van der Waals surface area contributed by atoms with Gasteiger partial charge in [-0.2, -0.15) is 10.4 Å². The lowest BCUT2D eigenvalue weighted by atomic mass is 9.91. The Hall–Kier alpha value is -2.36. The second-order valence-electron chi connectivity index (χ2n) is 6.62. The van der Waals surface area contributed by atoms with E-state index in [9.17, 15) is 5.11 Å². The van der Waals surface area contributed by atoms with Crippen molar-refractivity contribution in [1.82, 2.24) is 14.7 Å². The molecule has 0 aliphatic carbocycles. The van der Waals surface area contributed by atoms with Gasteiger partial charge in [-0.1, -0.05) is 0 Å². The minimum absolute atomic E-state index is 0.258. The monoisotopic (exact) mass is 340 g/mol. The molecule has 0 radical (unpaired) electrons. The van der Waals surface area contributed by atoms with Crippen LogP contribution in [0.3, 0.4) is 0 Å². The van der Waals surface area contributed by atoms with Crippen molar-refractivity contribution < 1.29 is 9.84 Å². The maximum atomic E-state index is 10.2. The summed E-state index contributed by atoms with van der Waals surface area (Å²) in [5.41, 5.74) is 1.91. The molecule has 0 bridgehead atoms. The van der Waals surface area contributed by atoms with E-state index in [4.69, 9.17) is 10.00 Å². The highest BCUT2D eigenvalue weighted by Crippen LogP contribution is 2.27. The first-order chi connectivity index (χ1) is 12.1. The standard InChI is InChI=1S/C19H24N4O2/c1-22-12-17(11-21-22)16-6-8-23(9-7-16)13-18(24)14-25-19-4-2-15(10-20)3-5-19/h2-5,11-12,16,18,24H,6-9,13-14H2,1H3. The topological polar surface area (TPSA) is 74.3 Å². The van der Waals surface area contributed by atoms with Crippen molar-refractivity contribution in [2.24, 2.45) is 7.05 Å². The van der Waals surface area contributed by atoms with E-state index in [0.717, 1.165) is 25.9 Å². The van der Waals surface area contributed by atoms with E-state index >= 15 is 0 Å². The minimum Gasteiger partial charge on any atom is -0.491 e. The van der Waals surface area contributed by atoms with Crippen LogP contribution in [0.5, 0.6) is 5.75 Å². The van der Waals surface area contributed by atoms with E-state index in [1.165, 1.54) is 5.56 Å². The van der Waals surface area contributed by atoms with Gasteiger partial charge in [-0.05, 0) is 61.7 Å². The zero-order chi connectivity index (χ0) is 17.6. The van der Waals surface area contributed by atoms with Crippen molar-refractivity contribution >= 4 is 0 Å². The average molecular weight is 340 g/mol. The molecule has 1 fully saturated rings. The number of nitrogens with zero attached hydrogens (tertiary/aromatic N) is 4. The smallest absolute Gasteiger partial charge is 0.119 e. The summed E-state index contributed by atoms with van der Waals surface area (Å²) in [5, 5.41) is 23.2. The predicted octanol–water partition coefficient (Wildman–Crippen LogP) is 1.91. The van der Waals surface area contributed by atoms with Gasteiger partial charge in [-0.15, -0.1) is 0 Å². The Morgan fingerprint density at radius 1 is 1.32 bits per heavy atom. The van der Waals surface area contributed by atoms with E-state index in [1.54, 1.807) is 24.3 Å². The van der Waals surface area contributed by atoms with E-state index in [0.29, 0.717) is 23.8 Å². The number of aryl methyl sites for hydroxylation is 1. The van der Waals surface area contributed by atoms with Crippen molar-refractivity contribution in [2.45, 2.75) is 24.9 Å². The van der Waals surface area contributed by atoms with Crippen LogP contribution >= 0.6 is 0 Å². The molecule has 1 aliphatic heterocycles. The number of rotatable bonds is 6. The van der Waals surface area contributed by atoms with E-state index < -0.39 is 6.10 Å². The van der Waals surface area contributed by atoms with Gasteiger partial charge < -0.3 is 14.7 Å².